The number of rotatable bonds is 4. The Labute approximate surface area is 136 Å². The van der Waals surface area contributed by atoms with E-state index in [4.69, 9.17) is 16.3 Å². The normalized spacial score (nSPS) is 22.8. The zero-order valence-corrected chi connectivity index (χ0v) is 13.5. The van der Waals surface area contributed by atoms with Crippen molar-refractivity contribution >= 4 is 17.5 Å². The molecule has 2 aliphatic heterocycles. The minimum absolute atomic E-state index is 0.0674. The van der Waals surface area contributed by atoms with Crippen LogP contribution in [0.25, 0.3) is 0 Å². The molecular formula is C17H23ClN2O2. The lowest BCUT2D eigenvalue weighted by Gasteiger charge is -2.34. The fourth-order valence-electron chi connectivity index (χ4n) is 3.46. The number of carbonyl (C=O) groups excluding carboxylic acids is 1. The molecule has 0 bridgehead atoms. The van der Waals surface area contributed by atoms with Crippen molar-refractivity contribution in [3.63, 3.8) is 0 Å². The number of halogens is 1. The number of amides is 1. The number of carbonyl (C=O) groups is 1. The lowest BCUT2D eigenvalue weighted by atomic mass is 9.88. The first-order chi connectivity index (χ1) is 10.7. The number of likely N-dealkylation sites (tertiary alicyclic amines) is 1. The number of piperidine rings is 1. The predicted octanol–water partition coefficient (Wildman–Crippen LogP) is 2.71. The van der Waals surface area contributed by atoms with Crippen LogP contribution in [0.3, 0.4) is 0 Å². The molecule has 0 spiro atoms. The second kappa shape index (κ2) is 7.34. The van der Waals surface area contributed by atoms with E-state index >= 15 is 0 Å². The van der Waals surface area contributed by atoms with Crippen LogP contribution in [0.4, 0.5) is 0 Å². The summed E-state index contributed by atoms with van der Waals surface area (Å²) in [6, 6.07) is 7.82. The SMILES string of the molecule is O=C(COc1cccc(Cl)c1)N1CCC(C2CCCN2)CC1. The second-order valence-electron chi connectivity index (χ2n) is 6.17. The molecule has 1 N–H and O–H groups in total. The molecule has 120 valence electrons. The maximum atomic E-state index is 12.2. The molecule has 0 aromatic heterocycles. The lowest BCUT2D eigenvalue weighted by molar-refractivity contribution is -0.134. The van der Waals surface area contributed by atoms with Gasteiger partial charge in [0.1, 0.15) is 5.75 Å². The third-order valence-electron chi connectivity index (χ3n) is 4.72. The Kier molecular flexibility index (Phi) is 5.21. The van der Waals surface area contributed by atoms with Crippen molar-refractivity contribution < 1.29 is 9.53 Å². The summed E-state index contributed by atoms with van der Waals surface area (Å²) in [5.41, 5.74) is 0. The summed E-state index contributed by atoms with van der Waals surface area (Å²) < 4.78 is 5.54. The molecule has 2 saturated heterocycles. The van der Waals surface area contributed by atoms with Crippen molar-refractivity contribution in [3.8, 4) is 5.75 Å². The van der Waals surface area contributed by atoms with Gasteiger partial charge in [0.25, 0.3) is 5.91 Å². The third kappa shape index (κ3) is 3.93. The van der Waals surface area contributed by atoms with Gasteiger partial charge >= 0.3 is 0 Å². The van der Waals surface area contributed by atoms with Crippen molar-refractivity contribution in [2.75, 3.05) is 26.2 Å². The molecule has 2 heterocycles. The van der Waals surface area contributed by atoms with Crippen LogP contribution < -0.4 is 10.1 Å². The van der Waals surface area contributed by atoms with Gasteiger partial charge < -0.3 is 15.0 Å². The Morgan fingerprint density at radius 1 is 1.32 bits per heavy atom. The number of benzene rings is 1. The molecule has 2 fully saturated rings. The fraction of sp³-hybridized carbons (Fsp3) is 0.588. The lowest BCUT2D eigenvalue weighted by Crippen LogP contribution is -2.44. The van der Waals surface area contributed by atoms with Gasteiger partial charge in [-0.2, -0.15) is 0 Å². The van der Waals surface area contributed by atoms with Gasteiger partial charge in [-0.25, -0.2) is 0 Å². The standard InChI is InChI=1S/C17H23ClN2O2/c18-14-3-1-4-15(11-14)22-12-17(21)20-9-6-13(7-10-20)16-5-2-8-19-16/h1,3-4,11,13,16,19H,2,5-10,12H2. The summed E-state index contributed by atoms with van der Waals surface area (Å²) in [7, 11) is 0. The number of nitrogens with zero attached hydrogens (tertiary/aromatic N) is 1. The number of hydrogen-bond donors (Lipinski definition) is 1. The van der Waals surface area contributed by atoms with Crippen LogP contribution in [-0.4, -0.2) is 43.1 Å². The molecule has 1 unspecified atom stereocenters. The van der Waals surface area contributed by atoms with Gasteiger partial charge in [-0.1, -0.05) is 17.7 Å². The van der Waals surface area contributed by atoms with E-state index in [1.165, 1.54) is 12.8 Å². The monoisotopic (exact) mass is 322 g/mol. The van der Waals surface area contributed by atoms with Crippen LogP contribution in [0.1, 0.15) is 25.7 Å². The van der Waals surface area contributed by atoms with Crippen LogP contribution in [0.5, 0.6) is 5.75 Å². The molecule has 0 saturated carbocycles. The smallest absolute Gasteiger partial charge is 0.260 e. The Bertz CT molecular complexity index is 509. The summed E-state index contributed by atoms with van der Waals surface area (Å²) in [5, 5.41) is 4.20. The number of nitrogens with one attached hydrogen (secondary N) is 1. The first kappa shape index (κ1) is 15.6. The Morgan fingerprint density at radius 2 is 2.14 bits per heavy atom. The molecule has 1 aromatic carbocycles. The molecule has 0 radical (unpaired) electrons. The third-order valence-corrected chi connectivity index (χ3v) is 4.95. The van der Waals surface area contributed by atoms with Crippen LogP contribution in [0, 0.1) is 5.92 Å². The molecule has 3 rings (SSSR count). The summed E-state index contributed by atoms with van der Waals surface area (Å²) in [4.78, 5) is 14.2. The van der Waals surface area contributed by atoms with E-state index in [1.54, 1.807) is 12.1 Å². The zero-order chi connectivity index (χ0) is 15.4. The Hall–Kier alpha value is -1.26. The van der Waals surface area contributed by atoms with E-state index < -0.39 is 0 Å². The maximum Gasteiger partial charge on any atom is 0.260 e. The summed E-state index contributed by atoms with van der Waals surface area (Å²) in [6.07, 6.45) is 4.77. The van der Waals surface area contributed by atoms with Gasteiger partial charge in [0.2, 0.25) is 0 Å². The van der Waals surface area contributed by atoms with E-state index in [2.05, 4.69) is 5.32 Å². The summed E-state index contributed by atoms with van der Waals surface area (Å²) in [5.74, 6) is 1.43. The molecular weight excluding hydrogens is 300 g/mol. The highest BCUT2D eigenvalue weighted by Crippen LogP contribution is 2.25. The summed E-state index contributed by atoms with van der Waals surface area (Å²) in [6.45, 7) is 2.94. The molecule has 4 nitrogen and oxygen atoms in total. The van der Waals surface area contributed by atoms with Gasteiger partial charge in [0.15, 0.2) is 6.61 Å². The Balaban J connectivity index is 1.43. The zero-order valence-electron chi connectivity index (χ0n) is 12.8. The number of hydrogen-bond acceptors (Lipinski definition) is 3. The van der Waals surface area contributed by atoms with Crippen molar-refractivity contribution in [1.82, 2.24) is 10.2 Å². The Morgan fingerprint density at radius 3 is 2.82 bits per heavy atom. The van der Waals surface area contributed by atoms with Gasteiger partial charge in [-0.15, -0.1) is 0 Å². The molecule has 1 atom stereocenters. The topological polar surface area (TPSA) is 41.6 Å². The average Bonchev–Trinajstić information content (AvgIpc) is 3.07. The van der Waals surface area contributed by atoms with Crippen molar-refractivity contribution in [2.45, 2.75) is 31.7 Å². The molecule has 2 aliphatic rings. The maximum absolute atomic E-state index is 12.2. The minimum Gasteiger partial charge on any atom is -0.484 e. The summed E-state index contributed by atoms with van der Waals surface area (Å²) >= 11 is 5.91. The highest BCUT2D eigenvalue weighted by molar-refractivity contribution is 6.30. The van der Waals surface area contributed by atoms with Gasteiger partial charge in [0.05, 0.1) is 0 Å². The minimum atomic E-state index is 0.0674. The largest absolute Gasteiger partial charge is 0.484 e. The van der Waals surface area contributed by atoms with Crippen LogP contribution in [-0.2, 0) is 4.79 Å². The van der Waals surface area contributed by atoms with Gasteiger partial charge in [-0.05, 0) is 56.3 Å². The van der Waals surface area contributed by atoms with E-state index in [0.717, 1.165) is 38.4 Å². The first-order valence-corrected chi connectivity index (χ1v) is 8.50. The van der Waals surface area contributed by atoms with E-state index in [1.807, 2.05) is 17.0 Å². The number of ether oxygens (including phenoxy) is 1. The van der Waals surface area contributed by atoms with Crippen LogP contribution in [0.2, 0.25) is 5.02 Å². The quantitative estimate of drug-likeness (QED) is 0.926. The average molecular weight is 323 g/mol. The second-order valence-corrected chi connectivity index (χ2v) is 6.60. The fourth-order valence-corrected chi connectivity index (χ4v) is 3.64. The van der Waals surface area contributed by atoms with Crippen molar-refractivity contribution in [2.24, 2.45) is 5.92 Å². The highest BCUT2D eigenvalue weighted by atomic mass is 35.5. The van der Waals surface area contributed by atoms with Crippen molar-refractivity contribution in [1.29, 1.82) is 0 Å². The molecule has 0 aliphatic carbocycles. The van der Waals surface area contributed by atoms with Crippen molar-refractivity contribution in [3.05, 3.63) is 29.3 Å². The van der Waals surface area contributed by atoms with Gasteiger partial charge in [-0.3, -0.25) is 4.79 Å². The molecule has 1 aromatic rings. The van der Waals surface area contributed by atoms with E-state index in [-0.39, 0.29) is 12.5 Å². The predicted molar refractivity (Wildman–Crippen MR) is 87.3 cm³/mol. The van der Waals surface area contributed by atoms with Crippen LogP contribution in [0.15, 0.2) is 24.3 Å². The first-order valence-electron chi connectivity index (χ1n) is 8.12. The van der Waals surface area contributed by atoms with Gasteiger partial charge in [0, 0.05) is 24.2 Å². The van der Waals surface area contributed by atoms with E-state index in [9.17, 15) is 4.79 Å². The molecule has 1 amide bonds. The van der Waals surface area contributed by atoms with E-state index in [0.29, 0.717) is 16.8 Å². The molecule has 22 heavy (non-hydrogen) atoms. The molecule has 5 heteroatoms. The highest BCUT2D eigenvalue weighted by Gasteiger charge is 2.29. The van der Waals surface area contributed by atoms with Crippen LogP contribution >= 0.6 is 11.6 Å².